The van der Waals surface area contributed by atoms with E-state index in [1.54, 1.807) is 39.7 Å². The summed E-state index contributed by atoms with van der Waals surface area (Å²) in [5, 5.41) is 9.91. The van der Waals surface area contributed by atoms with E-state index in [0.717, 1.165) is 90.3 Å². The van der Waals surface area contributed by atoms with E-state index < -0.39 is 12.1 Å². The number of methoxy groups -OCH3 is 2. The van der Waals surface area contributed by atoms with Gasteiger partial charge in [-0.2, -0.15) is 5.26 Å². The normalized spacial score (nSPS) is 18.8. The molecule has 1 saturated carbocycles. The fourth-order valence-corrected chi connectivity index (χ4v) is 8.57. The van der Waals surface area contributed by atoms with Crippen molar-refractivity contribution >= 4 is 5.91 Å². The van der Waals surface area contributed by atoms with Crippen LogP contribution in [0.3, 0.4) is 0 Å². The molecule has 1 saturated heterocycles. The van der Waals surface area contributed by atoms with Gasteiger partial charge in [-0.05, 0) is 79.0 Å². The number of nitrogens with zero attached hydrogens (tertiary/aromatic N) is 5. The molecule has 3 aliphatic rings. The maximum atomic E-state index is 13.8. The zero-order valence-electron chi connectivity index (χ0n) is 33.5. The molecule has 1 aliphatic carbocycles. The number of nitriles is 1. The number of amides is 1. The number of halogens is 1. The minimum absolute atomic E-state index is 0.00397. The van der Waals surface area contributed by atoms with Crippen molar-refractivity contribution in [3.05, 3.63) is 91.9 Å². The number of fused-ring (bicyclic) bond motifs is 1. The highest BCUT2D eigenvalue weighted by molar-refractivity contribution is 5.97. The van der Waals surface area contributed by atoms with Crippen LogP contribution < -0.4 is 15.0 Å². The average Bonchev–Trinajstić information content (AvgIpc) is 3.93. The maximum absolute atomic E-state index is 13.8. The molecular weight excluding hydrogens is 682 g/mol. The van der Waals surface area contributed by atoms with Gasteiger partial charge in [-0.1, -0.05) is 52.0 Å². The smallest absolute Gasteiger partial charge is 0.264 e. The van der Waals surface area contributed by atoms with Crippen molar-refractivity contribution in [3.8, 4) is 28.7 Å². The highest BCUT2D eigenvalue weighted by Crippen LogP contribution is 2.47. The van der Waals surface area contributed by atoms with Crippen LogP contribution in [0.4, 0.5) is 4.39 Å². The van der Waals surface area contributed by atoms with Crippen LogP contribution in [0.25, 0.3) is 11.1 Å². The number of hydrogen-bond donors (Lipinski definition) is 0. The van der Waals surface area contributed by atoms with Crippen LogP contribution in [-0.2, 0) is 31.4 Å². The number of pyridine rings is 1. The van der Waals surface area contributed by atoms with Crippen molar-refractivity contribution in [2.24, 2.45) is 18.4 Å². The Morgan fingerprint density at radius 3 is 2.33 bits per heavy atom. The van der Waals surface area contributed by atoms with E-state index >= 15 is 0 Å². The number of rotatable bonds is 11. The molecule has 1 spiro atoms. The molecule has 1 amide bonds. The van der Waals surface area contributed by atoms with Gasteiger partial charge < -0.3 is 18.9 Å². The first kappa shape index (κ1) is 39.2. The lowest BCUT2D eigenvalue weighted by atomic mass is 9.84. The molecule has 10 heteroatoms. The first-order valence-electron chi connectivity index (χ1n) is 19.2. The number of alkyl halides is 1. The van der Waals surface area contributed by atoms with Crippen LogP contribution in [-0.4, -0.2) is 77.8 Å². The summed E-state index contributed by atoms with van der Waals surface area (Å²) in [6.45, 7) is 15.7. The minimum atomic E-state index is -0.884. The second-order valence-electron chi connectivity index (χ2n) is 16.7. The monoisotopic (exact) mass is 737 g/mol. The number of aromatic nitrogens is 1. The van der Waals surface area contributed by atoms with Crippen molar-refractivity contribution < 1.29 is 18.7 Å². The molecule has 1 atom stereocenters. The predicted molar refractivity (Wildman–Crippen MR) is 210 cm³/mol. The van der Waals surface area contributed by atoms with Gasteiger partial charge in [-0.3, -0.25) is 23.8 Å². The number of ether oxygens (including phenoxy) is 2. The summed E-state index contributed by atoms with van der Waals surface area (Å²) < 4.78 is 27.2. The fourth-order valence-electron chi connectivity index (χ4n) is 8.57. The Balaban J connectivity index is 1.20. The van der Waals surface area contributed by atoms with Gasteiger partial charge in [0.15, 0.2) is 0 Å². The van der Waals surface area contributed by atoms with E-state index in [4.69, 9.17) is 9.47 Å². The predicted octanol–water partition coefficient (Wildman–Crippen LogP) is 7.06. The van der Waals surface area contributed by atoms with Gasteiger partial charge in [0.2, 0.25) is 0 Å². The lowest BCUT2D eigenvalue weighted by Crippen LogP contribution is -2.54. The Labute approximate surface area is 320 Å². The molecule has 0 radical (unpaired) electrons. The molecule has 9 nitrogen and oxygen atoms in total. The van der Waals surface area contributed by atoms with Gasteiger partial charge >= 0.3 is 0 Å². The molecular formula is C44H56FN5O4. The van der Waals surface area contributed by atoms with Gasteiger partial charge in [0.25, 0.3) is 11.5 Å². The van der Waals surface area contributed by atoms with Gasteiger partial charge in [0.1, 0.15) is 23.1 Å². The largest absolute Gasteiger partial charge is 0.496 e. The van der Waals surface area contributed by atoms with Crippen LogP contribution in [0.15, 0.2) is 53.0 Å². The van der Waals surface area contributed by atoms with Crippen molar-refractivity contribution in [1.29, 1.82) is 5.26 Å². The Kier molecular flexibility index (Phi) is 11.2. The van der Waals surface area contributed by atoms with Crippen LogP contribution in [0.5, 0.6) is 11.5 Å². The van der Waals surface area contributed by atoms with Crippen LogP contribution in [0, 0.1) is 36.5 Å². The SMILES string of the molecule is COc1cc(-c2cn(C)c(=O)c(C)c2C)cc(OC)c1CN1CCN(Cc2ccc3c(c2)C(C(C)C)N(C(=O)C(C#N)=CC(C)(C)CF)CC3)C2(CC2)C1. The van der Waals surface area contributed by atoms with Crippen molar-refractivity contribution in [2.45, 2.75) is 85.5 Å². The standard InChI is InChI=1S/C44H56FN5O4/c1-28(2)40-35-18-31(10-11-32(35)12-15-50(40)42(52)34(22-46)21-43(5,6)26-45)23-49-17-16-48(27-44(49)13-14-44)25-37-38(53-8)19-33(20-39(37)54-9)36-24-47(7)41(51)30(4)29(36)3/h10-11,18-21,24,28,40H,12-17,23,25-27H2,1-9H3. The molecule has 288 valence electrons. The first-order valence-corrected chi connectivity index (χ1v) is 19.2. The Hall–Kier alpha value is -4.46. The van der Waals surface area contributed by atoms with Crippen LogP contribution in [0.2, 0.25) is 0 Å². The van der Waals surface area contributed by atoms with Crippen molar-refractivity contribution in [1.82, 2.24) is 19.3 Å². The summed E-state index contributed by atoms with van der Waals surface area (Å²) in [4.78, 5) is 33.3. The summed E-state index contributed by atoms with van der Waals surface area (Å²) >= 11 is 0. The topological polar surface area (TPSA) is 91.0 Å². The van der Waals surface area contributed by atoms with Crippen LogP contribution in [0.1, 0.15) is 80.0 Å². The number of hydrogen-bond acceptors (Lipinski definition) is 7. The Morgan fingerprint density at radius 2 is 1.74 bits per heavy atom. The second kappa shape index (κ2) is 15.3. The van der Waals surface area contributed by atoms with Crippen LogP contribution >= 0.6 is 0 Å². The molecule has 54 heavy (non-hydrogen) atoms. The molecule has 1 unspecified atom stereocenters. The number of piperazine rings is 1. The van der Waals surface area contributed by atoms with Gasteiger partial charge in [0.05, 0.1) is 32.5 Å². The summed E-state index contributed by atoms with van der Waals surface area (Å²) in [5.41, 5.74) is 7.49. The average molecular weight is 738 g/mol. The summed E-state index contributed by atoms with van der Waals surface area (Å²) in [7, 11) is 5.18. The van der Waals surface area contributed by atoms with E-state index in [0.29, 0.717) is 13.1 Å². The van der Waals surface area contributed by atoms with Gasteiger partial charge in [-0.25, -0.2) is 0 Å². The van der Waals surface area contributed by atoms with E-state index in [9.17, 15) is 19.2 Å². The lowest BCUT2D eigenvalue weighted by Gasteiger charge is -2.43. The van der Waals surface area contributed by atoms with Gasteiger partial charge in [0, 0.05) is 74.6 Å². The summed E-state index contributed by atoms with van der Waals surface area (Å²) in [6.07, 6.45) is 6.38. The number of benzene rings is 2. The third-order valence-electron chi connectivity index (χ3n) is 11.9. The van der Waals surface area contributed by atoms with Gasteiger partial charge in [-0.15, -0.1) is 0 Å². The number of aryl methyl sites for hydroxylation is 1. The third kappa shape index (κ3) is 7.58. The summed E-state index contributed by atoms with van der Waals surface area (Å²) in [5.74, 6) is 1.36. The molecule has 2 aromatic carbocycles. The molecule has 2 fully saturated rings. The number of carbonyl (C=O) groups excluding carboxylic acids is 1. The van der Waals surface area contributed by atoms with E-state index in [1.807, 2.05) is 24.9 Å². The number of carbonyl (C=O) groups is 1. The van der Waals surface area contributed by atoms with Crippen molar-refractivity contribution in [3.63, 3.8) is 0 Å². The Bertz CT molecular complexity index is 2030. The molecule has 2 aliphatic heterocycles. The van der Waals surface area contributed by atoms with E-state index in [1.165, 1.54) is 17.2 Å². The van der Waals surface area contributed by atoms with E-state index in [-0.39, 0.29) is 34.5 Å². The zero-order chi connectivity index (χ0) is 39.1. The molecule has 0 N–H and O–H groups in total. The molecule has 1 aromatic heterocycles. The zero-order valence-corrected chi connectivity index (χ0v) is 33.5. The highest BCUT2D eigenvalue weighted by atomic mass is 19.1. The molecule has 0 bridgehead atoms. The minimum Gasteiger partial charge on any atom is -0.496 e. The second-order valence-corrected chi connectivity index (χ2v) is 16.7. The van der Waals surface area contributed by atoms with Crippen molar-refractivity contribution in [2.75, 3.05) is 47.1 Å². The third-order valence-corrected chi connectivity index (χ3v) is 11.9. The number of allylic oxidation sites excluding steroid dienone is 1. The maximum Gasteiger partial charge on any atom is 0.264 e. The molecule has 3 heterocycles. The first-order chi connectivity index (χ1) is 25.6. The molecule has 6 rings (SSSR count). The lowest BCUT2D eigenvalue weighted by molar-refractivity contribution is -0.130. The summed E-state index contributed by atoms with van der Waals surface area (Å²) in [6, 6.07) is 12.8. The quantitative estimate of drug-likeness (QED) is 0.154. The van der Waals surface area contributed by atoms with E-state index in [2.05, 4.69) is 60.0 Å². The highest BCUT2D eigenvalue weighted by Gasteiger charge is 2.51. The fraction of sp³-hybridized carbons (Fsp3) is 0.523. The Morgan fingerprint density at radius 1 is 1.06 bits per heavy atom. The molecule has 3 aromatic rings.